The van der Waals surface area contributed by atoms with Crippen LogP contribution in [0.2, 0.25) is 0 Å². The molecule has 0 aliphatic heterocycles. The molecule has 0 atom stereocenters. The Hall–Kier alpha value is -3.41. The number of anilines is 4. The second kappa shape index (κ2) is 10.1. The SMILES string of the molecule is CC(=O)Nc1ccc(-c2ccnc(Nc3cccc(NCC4CCCCC4)c3)n2)cc1. The number of hydrogen-bond acceptors (Lipinski definition) is 5. The number of nitrogens with zero attached hydrogens (tertiary/aromatic N) is 2. The van der Waals surface area contributed by atoms with Gasteiger partial charge in [-0.15, -0.1) is 0 Å². The lowest BCUT2D eigenvalue weighted by Crippen LogP contribution is -2.17. The third-order valence-electron chi connectivity index (χ3n) is 5.59. The molecule has 1 saturated carbocycles. The molecule has 6 heteroatoms. The summed E-state index contributed by atoms with van der Waals surface area (Å²) >= 11 is 0. The van der Waals surface area contributed by atoms with Crippen LogP contribution in [0.4, 0.5) is 23.0 Å². The van der Waals surface area contributed by atoms with E-state index in [0.29, 0.717) is 5.95 Å². The standard InChI is InChI=1S/C25H29N5O/c1-18(31)28-21-12-10-20(11-13-21)24-14-15-26-25(30-24)29-23-9-5-8-22(16-23)27-17-19-6-3-2-4-7-19/h5,8-16,19,27H,2-4,6-7,17H2,1H3,(H,28,31)(H,26,29,30). The Balaban J connectivity index is 1.41. The maximum atomic E-state index is 11.2. The largest absolute Gasteiger partial charge is 0.385 e. The van der Waals surface area contributed by atoms with E-state index < -0.39 is 0 Å². The summed E-state index contributed by atoms with van der Waals surface area (Å²) in [7, 11) is 0. The summed E-state index contributed by atoms with van der Waals surface area (Å²) in [6.07, 6.45) is 8.51. The molecule has 1 aliphatic rings. The number of nitrogens with one attached hydrogen (secondary N) is 3. The summed E-state index contributed by atoms with van der Waals surface area (Å²) in [6.45, 7) is 2.53. The van der Waals surface area contributed by atoms with Crippen LogP contribution in [0.5, 0.6) is 0 Å². The zero-order valence-corrected chi connectivity index (χ0v) is 17.9. The Morgan fingerprint density at radius 2 is 1.74 bits per heavy atom. The van der Waals surface area contributed by atoms with E-state index in [1.54, 1.807) is 6.20 Å². The van der Waals surface area contributed by atoms with E-state index in [4.69, 9.17) is 0 Å². The van der Waals surface area contributed by atoms with Crippen LogP contribution in [-0.4, -0.2) is 22.4 Å². The number of benzene rings is 2. The third-order valence-corrected chi connectivity index (χ3v) is 5.59. The zero-order chi connectivity index (χ0) is 21.5. The predicted molar refractivity (Wildman–Crippen MR) is 127 cm³/mol. The van der Waals surface area contributed by atoms with Gasteiger partial charge in [-0.25, -0.2) is 9.97 Å². The lowest BCUT2D eigenvalue weighted by molar-refractivity contribution is -0.114. The molecule has 1 aliphatic carbocycles. The normalized spacial score (nSPS) is 14.1. The monoisotopic (exact) mass is 415 g/mol. The van der Waals surface area contributed by atoms with Crippen LogP contribution in [0.15, 0.2) is 60.8 Å². The summed E-state index contributed by atoms with van der Waals surface area (Å²) in [5, 5.41) is 9.67. The van der Waals surface area contributed by atoms with Crippen LogP contribution in [-0.2, 0) is 4.79 Å². The highest BCUT2D eigenvalue weighted by Gasteiger charge is 2.13. The second-order valence-corrected chi connectivity index (χ2v) is 8.11. The molecular weight excluding hydrogens is 386 g/mol. The molecule has 1 aromatic heterocycles. The van der Waals surface area contributed by atoms with Crippen LogP contribution in [0.1, 0.15) is 39.0 Å². The predicted octanol–water partition coefficient (Wildman–Crippen LogP) is 5.84. The molecule has 0 saturated heterocycles. The van der Waals surface area contributed by atoms with Crippen molar-refractivity contribution in [2.45, 2.75) is 39.0 Å². The summed E-state index contributed by atoms with van der Waals surface area (Å²) in [5.74, 6) is 1.24. The van der Waals surface area contributed by atoms with Crippen LogP contribution in [0.3, 0.4) is 0 Å². The minimum Gasteiger partial charge on any atom is -0.385 e. The maximum Gasteiger partial charge on any atom is 0.227 e. The van der Waals surface area contributed by atoms with Gasteiger partial charge in [0, 0.05) is 42.3 Å². The van der Waals surface area contributed by atoms with Crippen molar-refractivity contribution in [2.75, 3.05) is 22.5 Å². The molecule has 6 nitrogen and oxygen atoms in total. The first-order chi connectivity index (χ1) is 15.2. The summed E-state index contributed by atoms with van der Waals surface area (Å²) in [4.78, 5) is 20.2. The van der Waals surface area contributed by atoms with Gasteiger partial charge in [0.2, 0.25) is 11.9 Å². The first-order valence-corrected chi connectivity index (χ1v) is 11.0. The molecule has 0 unspecified atom stereocenters. The van der Waals surface area contributed by atoms with Crippen molar-refractivity contribution in [1.29, 1.82) is 0 Å². The lowest BCUT2D eigenvalue weighted by atomic mass is 9.89. The van der Waals surface area contributed by atoms with Gasteiger partial charge in [-0.3, -0.25) is 4.79 Å². The molecule has 160 valence electrons. The fraction of sp³-hybridized carbons (Fsp3) is 0.320. The van der Waals surface area contributed by atoms with E-state index in [2.05, 4.69) is 38.1 Å². The molecule has 1 amide bonds. The summed E-state index contributed by atoms with van der Waals surface area (Å²) in [6, 6.07) is 17.7. The number of carbonyl (C=O) groups is 1. The second-order valence-electron chi connectivity index (χ2n) is 8.11. The minimum atomic E-state index is -0.0864. The number of carbonyl (C=O) groups excluding carboxylic acids is 1. The van der Waals surface area contributed by atoms with Crippen LogP contribution >= 0.6 is 0 Å². The smallest absolute Gasteiger partial charge is 0.227 e. The topological polar surface area (TPSA) is 78.9 Å². The van der Waals surface area contributed by atoms with Gasteiger partial charge < -0.3 is 16.0 Å². The van der Waals surface area contributed by atoms with Crippen LogP contribution < -0.4 is 16.0 Å². The van der Waals surface area contributed by atoms with Crippen molar-refractivity contribution in [3.05, 3.63) is 60.8 Å². The van der Waals surface area contributed by atoms with E-state index in [-0.39, 0.29) is 5.91 Å². The maximum absolute atomic E-state index is 11.2. The fourth-order valence-electron chi connectivity index (χ4n) is 4.00. The Morgan fingerprint density at radius 3 is 2.52 bits per heavy atom. The van der Waals surface area contributed by atoms with E-state index in [9.17, 15) is 4.79 Å². The minimum absolute atomic E-state index is 0.0864. The molecule has 3 aromatic rings. The zero-order valence-electron chi connectivity index (χ0n) is 17.9. The van der Waals surface area contributed by atoms with E-state index in [1.807, 2.05) is 42.5 Å². The molecule has 31 heavy (non-hydrogen) atoms. The average Bonchev–Trinajstić information content (AvgIpc) is 2.79. The van der Waals surface area contributed by atoms with Crippen molar-refractivity contribution in [2.24, 2.45) is 5.92 Å². The van der Waals surface area contributed by atoms with Crippen molar-refractivity contribution in [1.82, 2.24) is 9.97 Å². The Kier molecular flexibility index (Phi) is 6.77. The number of hydrogen-bond donors (Lipinski definition) is 3. The van der Waals surface area contributed by atoms with E-state index >= 15 is 0 Å². The molecule has 3 N–H and O–H groups in total. The van der Waals surface area contributed by atoms with Gasteiger partial charge >= 0.3 is 0 Å². The van der Waals surface area contributed by atoms with Gasteiger partial charge in [0.1, 0.15) is 0 Å². The molecule has 4 rings (SSSR count). The van der Waals surface area contributed by atoms with Crippen LogP contribution in [0, 0.1) is 5.92 Å². The molecule has 0 radical (unpaired) electrons. The van der Waals surface area contributed by atoms with E-state index in [1.165, 1.54) is 39.0 Å². The van der Waals surface area contributed by atoms with Crippen molar-refractivity contribution in [3.63, 3.8) is 0 Å². The quantitative estimate of drug-likeness (QED) is 0.452. The Labute approximate surface area is 183 Å². The number of aromatic nitrogens is 2. The van der Waals surface area contributed by atoms with Gasteiger partial charge in [-0.05, 0) is 55.2 Å². The van der Waals surface area contributed by atoms with Gasteiger partial charge in [0.05, 0.1) is 5.69 Å². The molecule has 0 bridgehead atoms. The summed E-state index contributed by atoms with van der Waals surface area (Å²) in [5.41, 5.74) is 4.61. The number of rotatable bonds is 7. The first-order valence-electron chi connectivity index (χ1n) is 11.0. The van der Waals surface area contributed by atoms with E-state index in [0.717, 1.165) is 40.8 Å². The van der Waals surface area contributed by atoms with Crippen LogP contribution in [0.25, 0.3) is 11.3 Å². The highest BCUT2D eigenvalue weighted by Crippen LogP contribution is 2.25. The van der Waals surface area contributed by atoms with Crippen molar-refractivity contribution >= 4 is 28.9 Å². The molecule has 1 heterocycles. The lowest BCUT2D eigenvalue weighted by Gasteiger charge is -2.22. The Morgan fingerprint density at radius 1 is 0.968 bits per heavy atom. The third kappa shape index (κ3) is 6.04. The van der Waals surface area contributed by atoms with Gasteiger partial charge in [0.25, 0.3) is 0 Å². The molecule has 0 spiro atoms. The fourth-order valence-corrected chi connectivity index (χ4v) is 4.00. The van der Waals surface area contributed by atoms with Gasteiger partial charge in [-0.2, -0.15) is 0 Å². The highest BCUT2D eigenvalue weighted by atomic mass is 16.1. The average molecular weight is 416 g/mol. The van der Waals surface area contributed by atoms with Gasteiger partial charge in [-0.1, -0.05) is 37.5 Å². The molecule has 2 aromatic carbocycles. The van der Waals surface area contributed by atoms with Crippen molar-refractivity contribution in [3.8, 4) is 11.3 Å². The highest BCUT2D eigenvalue weighted by molar-refractivity contribution is 5.88. The molecular formula is C25H29N5O. The van der Waals surface area contributed by atoms with Gasteiger partial charge in [0.15, 0.2) is 0 Å². The summed E-state index contributed by atoms with van der Waals surface area (Å²) < 4.78 is 0. The molecule has 1 fully saturated rings. The Bertz CT molecular complexity index is 1010. The van der Waals surface area contributed by atoms with Crippen molar-refractivity contribution < 1.29 is 4.79 Å². The first kappa shape index (κ1) is 20.8. The number of amides is 1.